The SMILES string of the molecule is O=C(O)COCC(=O)ON1C(=O)CCC1=O. The molecule has 0 aromatic rings. The zero-order valence-electron chi connectivity index (χ0n) is 8.17. The summed E-state index contributed by atoms with van der Waals surface area (Å²) in [6.07, 6.45) is 0.00416. The number of aliphatic carboxylic acids is 1. The number of carboxylic acid groups (broad SMARTS) is 1. The Kier molecular flexibility index (Phi) is 3.95. The molecule has 1 N–H and O–H groups in total. The normalized spacial score (nSPS) is 15.4. The summed E-state index contributed by atoms with van der Waals surface area (Å²) in [6, 6.07) is 0. The predicted molar refractivity (Wildman–Crippen MR) is 45.6 cm³/mol. The first-order valence-corrected chi connectivity index (χ1v) is 4.37. The molecule has 0 bridgehead atoms. The molecule has 0 aromatic heterocycles. The number of hydrogen-bond acceptors (Lipinski definition) is 6. The molecule has 1 fully saturated rings. The molecule has 2 amide bonds. The van der Waals surface area contributed by atoms with Crippen LogP contribution in [0.5, 0.6) is 0 Å². The lowest BCUT2D eigenvalue weighted by atomic mass is 10.4. The number of nitrogens with zero attached hydrogens (tertiary/aromatic N) is 1. The van der Waals surface area contributed by atoms with Gasteiger partial charge >= 0.3 is 11.9 Å². The minimum atomic E-state index is -1.24. The highest BCUT2D eigenvalue weighted by Gasteiger charge is 2.32. The van der Waals surface area contributed by atoms with Crippen LogP contribution >= 0.6 is 0 Å². The number of hydrogen-bond donors (Lipinski definition) is 1. The van der Waals surface area contributed by atoms with Crippen molar-refractivity contribution in [3.8, 4) is 0 Å². The van der Waals surface area contributed by atoms with Gasteiger partial charge in [0, 0.05) is 12.8 Å². The largest absolute Gasteiger partial charge is 0.480 e. The van der Waals surface area contributed by atoms with Gasteiger partial charge in [0.15, 0.2) is 0 Å². The van der Waals surface area contributed by atoms with Crippen LogP contribution in [0, 0.1) is 0 Å². The average Bonchev–Trinajstić information content (AvgIpc) is 2.49. The lowest BCUT2D eigenvalue weighted by Crippen LogP contribution is -2.33. The summed E-state index contributed by atoms with van der Waals surface area (Å²) < 4.78 is 4.41. The maximum Gasteiger partial charge on any atom is 0.358 e. The number of hydroxylamine groups is 2. The second kappa shape index (κ2) is 5.21. The molecule has 0 unspecified atom stereocenters. The molecular weight excluding hydrogens is 222 g/mol. The second-order valence-corrected chi connectivity index (χ2v) is 2.93. The molecule has 0 saturated carbocycles. The van der Waals surface area contributed by atoms with Crippen molar-refractivity contribution in [2.75, 3.05) is 13.2 Å². The van der Waals surface area contributed by atoms with Crippen LogP contribution < -0.4 is 0 Å². The van der Waals surface area contributed by atoms with Crippen LogP contribution in [0.15, 0.2) is 0 Å². The van der Waals surface area contributed by atoms with Crippen LogP contribution in [0.2, 0.25) is 0 Å². The van der Waals surface area contributed by atoms with Crippen molar-refractivity contribution in [2.45, 2.75) is 12.8 Å². The second-order valence-electron chi connectivity index (χ2n) is 2.93. The third-order valence-corrected chi connectivity index (χ3v) is 1.64. The summed E-state index contributed by atoms with van der Waals surface area (Å²) in [7, 11) is 0. The van der Waals surface area contributed by atoms with Gasteiger partial charge in [-0.25, -0.2) is 9.59 Å². The van der Waals surface area contributed by atoms with E-state index in [9.17, 15) is 19.2 Å². The van der Waals surface area contributed by atoms with E-state index < -0.39 is 37.0 Å². The smallest absolute Gasteiger partial charge is 0.358 e. The molecule has 8 nitrogen and oxygen atoms in total. The van der Waals surface area contributed by atoms with E-state index in [4.69, 9.17) is 5.11 Å². The summed E-state index contributed by atoms with van der Waals surface area (Å²) >= 11 is 0. The monoisotopic (exact) mass is 231 g/mol. The van der Waals surface area contributed by atoms with E-state index in [2.05, 4.69) is 9.57 Å². The molecule has 1 saturated heterocycles. The number of amides is 2. The summed E-state index contributed by atoms with van der Waals surface area (Å²) in [5, 5.41) is 8.57. The van der Waals surface area contributed by atoms with Crippen molar-refractivity contribution >= 4 is 23.8 Å². The van der Waals surface area contributed by atoms with Crippen molar-refractivity contribution in [1.29, 1.82) is 0 Å². The van der Waals surface area contributed by atoms with Crippen molar-refractivity contribution in [3.63, 3.8) is 0 Å². The Bertz CT molecular complexity index is 321. The van der Waals surface area contributed by atoms with Gasteiger partial charge in [0.1, 0.15) is 13.2 Å². The molecule has 1 aliphatic heterocycles. The van der Waals surface area contributed by atoms with Crippen LogP contribution in [-0.2, 0) is 28.8 Å². The van der Waals surface area contributed by atoms with E-state index in [0.717, 1.165) is 0 Å². The molecule has 88 valence electrons. The number of imide groups is 1. The predicted octanol–water partition coefficient (Wildman–Crippen LogP) is -1.31. The average molecular weight is 231 g/mol. The van der Waals surface area contributed by atoms with Crippen molar-refractivity contribution < 1.29 is 33.9 Å². The van der Waals surface area contributed by atoms with Gasteiger partial charge < -0.3 is 14.7 Å². The van der Waals surface area contributed by atoms with E-state index >= 15 is 0 Å². The molecule has 0 aromatic carbocycles. The number of carbonyl (C=O) groups excluding carboxylic acids is 3. The molecule has 0 radical (unpaired) electrons. The standard InChI is InChI=1S/C8H9NO7/c10-5-1-2-6(11)9(5)16-8(14)4-15-3-7(12)13/h1-4H2,(H,12,13). The number of ether oxygens (including phenoxy) is 1. The maximum absolute atomic E-state index is 11.0. The van der Waals surface area contributed by atoms with E-state index in [1.165, 1.54) is 0 Å². The van der Waals surface area contributed by atoms with E-state index in [1.807, 2.05) is 0 Å². The molecule has 8 heteroatoms. The van der Waals surface area contributed by atoms with Crippen LogP contribution in [0.3, 0.4) is 0 Å². The molecule has 0 aliphatic carbocycles. The molecule has 16 heavy (non-hydrogen) atoms. The van der Waals surface area contributed by atoms with Crippen molar-refractivity contribution in [3.05, 3.63) is 0 Å². The van der Waals surface area contributed by atoms with Gasteiger partial charge in [0.05, 0.1) is 0 Å². The first-order valence-electron chi connectivity index (χ1n) is 4.37. The fourth-order valence-corrected chi connectivity index (χ4v) is 1.01. The van der Waals surface area contributed by atoms with Gasteiger partial charge in [-0.3, -0.25) is 9.59 Å². The lowest BCUT2D eigenvalue weighted by Gasteiger charge is -2.11. The minimum Gasteiger partial charge on any atom is -0.480 e. The van der Waals surface area contributed by atoms with Crippen molar-refractivity contribution in [2.24, 2.45) is 0 Å². The summed E-state index contributed by atoms with van der Waals surface area (Å²) in [4.78, 5) is 47.4. The van der Waals surface area contributed by atoms with Crippen molar-refractivity contribution in [1.82, 2.24) is 5.06 Å². The Morgan fingerprint density at radius 3 is 2.25 bits per heavy atom. The van der Waals surface area contributed by atoms with Crippen LogP contribution in [-0.4, -0.2) is 47.1 Å². The highest BCUT2D eigenvalue weighted by molar-refractivity contribution is 6.01. The first-order chi connectivity index (χ1) is 7.50. The Hall–Kier alpha value is -1.96. The van der Waals surface area contributed by atoms with Gasteiger partial charge in [-0.15, -0.1) is 5.06 Å². The summed E-state index contributed by atoms with van der Waals surface area (Å²) in [5.41, 5.74) is 0. The quantitative estimate of drug-likeness (QED) is 0.585. The van der Waals surface area contributed by atoms with Crippen LogP contribution in [0.1, 0.15) is 12.8 Å². The number of rotatable bonds is 5. The molecule has 1 aliphatic rings. The fraction of sp³-hybridized carbons (Fsp3) is 0.500. The van der Waals surface area contributed by atoms with Crippen LogP contribution in [0.4, 0.5) is 0 Å². The number of carboxylic acids is 1. The third kappa shape index (κ3) is 3.31. The maximum atomic E-state index is 11.0. The van der Waals surface area contributed by atoms with Gasteiger partial charge in [-0.05, 0) is 0 Å². The summed E-state index contributed by atoms with van der Waals surface area (Å²) in [6.45, 7) is -1.29. The third-order valence-electron chi connectivity index (χ3n) is 1.64. The van der Waals surface area contributed by atoms with Gasteiger partial charge in [-0.1, -0.05) is 0 Å². The molecule has 1 rings (SSSR count). The number of carbonyl (C=O) groups is 4. The highest BCUT2D eigenvalue weighted by atomic mass is 16.7. The van der Waals surface area contributed by atoms with E-state index in [1.54, 1.807) is 0 Å². The molecule has 0 atom stereocenters. The van der Waals surface area contributed by atoms with Crippen LogP contribution in [0.25, 0.3) is 0 Å². The molecular formula is C8H9NO7. The van der Waals surface area contributed by atoms with Gasteiger partial charge in [0.2, 0.25) is 0 Å². The zero-order chi connectivity index (χ0) is 12.1. The zero-order valence-corrected chi connectivity index (χ0v) is 8.17. The van der Waals surface area contributed by atoms with E-state index in [-0.39, 0.29) is 12.8 Å². The Morgan fingerprint density at radius 2 is 1.75 bits per heavy atom. The lowest BCUT2D eigenvalue weighted by molar-refractivity contribution is -0.200. The van der Waals surface area contributed by atoms with E-state index in [0.29, 0.717) is 5.06 Å². The van der Waals surface area contributed by atoms with Gasteiger partial charge in [-0.2, -0.15) is 0 Å². The Balaban J connectivity index is 2.31. The molecule has 0 spiro atoms. The molecule has 1 heterocycles. The fourth-order valence-electron chi connectivity index (χ4n) is 1.01. The highest BCUT2D eigenvalue weighted by Crippen LogP contribution is 2.11. The summed E-state index contributed by atoms with van der Waals surface area (Å²) in [5.74, 6) is -3.43. The van der Waals surface area contributed by atoms with Gasteiger partial charge in [0.25, 0.3) is 11.8 Å². The first kappa shape index (κ1) is 12.1. The minimum absolute atomic E-state index is 0.00208. The Labute approximate surface area is 89.7 Å². The topological polar surface area (TPSA) is 110 Å². The Morgan fingerprint density at radius 1 is 1.19 bits per heavy atom.